The highest BCUT2D eigenvalue weighted by Crippen LogP contribution is 2.48. The molecule has 38 heavy (non-hydrogen) atoms. The summed E-state index contributed by atoms with van der Waals surface area (Å²) >= 11 is 0. The number of allylic oxidation sites excluding steroid dienone is 2. The number of alkyl carbamates (subject to hydrolysis) is 1. The summed E-state index contributed by atoms with van der Waals surface area (Å²) in [5.41, 5.74) is 4.28. The summed E-state index contributed by atoms with van der Waals surface area (Å²) in [6.07, 6.45) is 2.28. The summed E-state index contributed by atoms with van der Waals surface area (Å²) in [5, 5.41) is 12.0. The van der Waals surface area contributed by atoms with Crippen LogP contribution in [0.15, 0.2) is 46.9 Å². The first-order valence-corrected chi connectivity index (χ1v) is 13.8. The van der Waals surface area contributed by atoms with Crippen LogP contribution in [0.3, 0.4) is 0 Å². The second-order valence-corrected chi connectivity index (χ2v) is 10.7. The molecule has 2 atom stereocenters. The molecule has 10 heteroatoms. The van der Waals surface area contributed by atoms with Gasteiger partial charge in [-0.05, 0) is 60.4 Å². The topological polar surface area (TPSA) is 128 Å². The second-order valence-electron chi connectivity index (χ2n) is 9.14. The third kappa shape index (κ3) is 5.91. The van der Waals surface area contributed by atoms with Crippen molar-refractivity contribution in [1.82, 2.24) is 5.32 Å². The summed E-state index contributed by atoms with van der Waals surface area (Å²) in [5.74, 6) is -0.438. The standard InChI is InChI=1S/C28H31NO8S/c1-35-25-23(15-18-11-12-22(30)19-9-6-10-20(19)24(18)26(25)36-2)38(34)14-13-21(27(31)32)29-28(33)37-16-17-7-4-3-5-8-17/h3-5,7-8,15,21H,6,9-14,16H2,1-2H3,(H,29,33)(H,31,32). The van der Waals surface area contributed by atoms with Gasteiger partial charge in [0, 0.05) is 17.7 Å². The highest BCUT2D eigenvalue weighted by Gasteiger charge is 2.32. The fourth-order valence-electron chi connectivity index (χ4n) is 4.98. The summed E-state index contributed by atoms with van der Waals surface area (Å²) in [6.45, 7) is -0.00227. The van der Waals surface area contributed by atoms with Crippen LogP contribution >= 0.6 is 0 Å². The van der Waals surface area contributed by atoms with Crippen LogP contribution in [0.5, 0.6) is 11.5 Å². The molecule has 0 saturated carbocycles. The molecule has 0 heterocycles. The molecule has 2 unspecified atom stereocenters. The first-order chi connectivity index (χ1) is 18.3. The Bertz CT molecular complexity index is 1290. The van der Waals surface area contributed by atoms with Crippen LogP contribution in [0.25, 0.3) is 5.57 Å². The van der Waals surface area contributed by atoms with Crippen molar-refractivity contribution >= 4 is 34.2 Å². The number of methoxy groups -OCH3 is 2. The molecule has 0 aliphatic heterocycles. The number of hydrogen-bond donors (Lipinski definition) is 2. The maximum absolute atomic E-state index is 13.4. The van der Waals surface area contributed by atoms with E-state index in [-0.39, 0.29) is 24.6 Å². The fraction of sp³-hybridized carbons (Fsp3) is 0.393. The number of amides is 1. The van der Waals surface area contributed by atoms with Crippen LogP contribution in [0, 0.1) is 0 Å². The van der Waals surface area contributed by atoms with Crippen molar-refractivity contribution in [2.75, 3.05) is 20.0 Å². The number of carboxylic acid groups (broad SMARTS) is 1. The monoisotopic (exact) mass is 541 g/mol. The Morgan fingerprint density at radius 1 is 1.03 bits per heavy atom. The summed E-state index contributed by atoms with van der Waals surface area (Å²) in [7, 11) is 1.30. The van der Waals surface area contributed by atoms with Crippen molar-refractivity contribution < 1.29 is 37.9 Å². The number of aliphatic carboxylic acids is 1. The van der Waals surface area contributed by atoms with Gasteiger partial charge in [0.25, 0.3) is 0 Å². The second kappa shape index (κ2) is 12.3. The van der Waals surface area contributed by atoms with Crippen LogP contribution in [0.4, 0.5) is 4.79 Å². The van der Waals surface area contributed by atoms with Gasteiger partial charge in [0.05, 0.1) is 29.9 Å². The van der Waals surface area contributed by atoms with Gasteiger partial charge in [-0.3, -0.25) is 9.00 Å². The number of ketones is 1. The maximum Gasteiger partial charge on any atom is 0.408 e. The molecule has 0 fully saturated rings. The highest BCUT2D eigenvalue weighted by molar-refractivity contribution is 7.85. The van der Waals surface area contributed by atoms with Crippen molar-refractivity contribution in [3.63, 3.8) is 0 Å². The maximum atomic E-state index is 13.4. The lowest BCUT2D eigenvalue weighted by atomic mass is 9.95. The molecular weight excluding hydrogens is 510 g/mol. The molecule has 2 N–H and O–H groups in total. The molecule has 2 aromatic carbocycles. The predicted molar refractivity (Wildman–Crippen MR) is 141 cm³/mol. The molecule has 0 radical (unpaired) electrons. The van der Waals surface area contributed by atoms with Crippen molar-refractivity contribution in [2.24, 2.45) is 0 Å². The third-order valence-corrected chi connectivity index (χ3v) is 8.21. The minimum absolute atomic E-state index is 0.00227. The number of ether oxygens (including phenoxy) is 3. The van der Waals surface area contributed by atoms with Crippen LogP contribution < -0.4 is 14.8 Å². The van der Waals surface area contributed by atoms with Crippen LogP contribution in [0.2, 0.25) is 0 Å². The number of carbonyl (C=O) groups excluding carboxylic acids is 2. The lowest BCUT2D eigenvalue weighted by Crippen LogP contribution is -2.41. The van der Waals surface area contributed by atoms with Crippen molar-refractivity contribution in [1.29, 1.82) is 0 Å². The van der Waals surface area contributed by atoms with Crippen LogP contribution in [-0.2, 0) is 38.2 Å². The van der Waals surface area contributed by atoms with E-state index in [1.807, 2.05) is 6.07 Å². The molecule has 202 valence electrons. The van der Waals surface area contributed by atoms with Gasteiger partial charge in [0.2, 0.25) is 0 Å². The van der Waals surface area contributed by atoms with Gasteiger partial charge in [-0.25, -0.2) is 9.59 Å². The van der Waals surface area contributed by atoms with E-state index in [9.17, 15) is 23.7 Å². The molecule has 0 spiro atoms. The SMILES string of the molecule is COc1c(S(=O)CCC(NC(=O)OCc2ccccc2)C(=O)O)cc2c(c1OC)C1=C(CCC1)C(=O)CC2. The van der Waals surface area contributed by atoms with Crippen molar-refractivity contribution in [3.05, 3.63) is 58.7 Å². The Morgan fingerprint density at radius 2 is 1.74 bits per heavy atom. The van der Waals surface area contributed by atoms with E-state index >= 15 is 0 Å². The van der Waals surface area contributed by atoms with E-state index in [0.29, 0.717) is 29.2 Å². The number of aryl methyl sites for hydroxylation is 1. The molecular formula is C28H31NO8S. The fourth-order valence-corrected chi connectivity index (χ4v) is 6.30. The Labute approximate surface area is 223 Å². The van der Waals surface area contributed by atoms with Gasteiger partial charge in [0.1, 0.15) is 12.6 Å². The Morgan fingerprint density at radius 3 is 2.42 bits per heavy atom. The number of carboxylic acids is 1. The zero-order chi connectivity index (χ0) is 27.2. The largest absolute Gasteiger partial charge is 0.492 e. The average molecular weight is 542 g/mol. The molecule has 2 aliphatic rings. The minimum atomic E-state index is -1.67. The normalized spacial score (nSPS) is 16.1. The third-order valence-electron chi connectivity index (χ3n) is 6.81. The molecule has 1 amide bonds. The predicted octanol–water partition coefficient (Wildman–Crippen LogP) is 4.03. The molecule has 4 rings (SSSR count). The average Bonchev–Trinajstić information content (AvgIpc) is 3.37. The quantitative estimate of drug-likeness (QED) is 0.461. The number of rotatable bonds is 10. The Balaban J connectivity index is 1.51. The number of carbonyl (C=O) groups is 3. The minimum Gasteiger partial charge on any atom is -0.492 e. The first-order valence-electron chi connectivity index (χ1n) is 12.5. The van der Waals surface area contributed by atoms with Crippen LogP contribution in [0.1, 0.15) is 48.8 Å². The summed E-state index contributed by atoms with van der Waals surface area (Å²) in [4.78, 5) is 37.1. The number of fused-ring (bicyclic) bond motifs is 2. The van der Waals surface area contributed by atoms with E-state index in [0.717, 1.165) is 47.1 Å². The lowest BCUT2D eigenvalue weighted by Gasteiger charge is -2.21. The van der Waals surface area contributed by atoms with Gasteiger partial charge in [-0.1, -0.05) is 30.3 Å². The molecule has 2 aliphatic carbocycles. The molecule has 9 nitrogen and oxygen atoms in total. The number of nitrogens with one attached hydrogen (secondary N) is 1. The van der Waals surface area contributed by atoms with E-state index in [1.165, 1.54) is 14.2 Å². The highest BCUT2D eigenvalue weighted by atomic mass is 32.2. The molecule has 0 saturated heterocycles. The zero-order valence-electron chi connectivity index (χ0n) is 21.4. The zero-order valence-corrected chi connectivity index (χ0v) is 22.2. The van der Waals surface area contributed by atoms with Gasteiger partial charge in [-0.2, -0.15) is 0 Å². The molecule has 0 bridgehead atoms. The number of hydrogen-bond acceptors (Lipinski definition) is 7. The van der Waals surface area contributed by atoms with Crippen LogP contribution in [-0.4, -0.2) is 53.2 Å². The first kappa shape index (κ1) is 27.4. The van der Waals surface area contributed by atoms with E-state index in [2.05, 4.69) is 5.32 Å². The van der Waals surface area contributed by atoms with Gasteiger partial charge in [0.15, 0.2) is 17.3 Å². The van der Waals surface area contributed by atoms with E-state index < -0.39 is 28.9 Å². The van der Waals surface area contributed by atoms with Crippen molar-refractivity contribution in [2.45, 2.75) is 56.1 Å². The van der Waals surface area contributed by atoms with E-state index in [4.69, 9.17) is 14.2 Å². The Hall–Kier alpha value is -3.66. The molecule has 0 aromatic heterocycles. The van der Waals surface area contributed by atoms with Crippen molar-refractivity contribution in [3.8, 4) is 11.5 Å². The summed E-state index contributed by atoms with van der Waals surface area (Å²) in [6, 6.07) is 9.51. The lowest BCUT2D eigenvalue weighted by molar-refractivity contribution is -0.139. The van der Waals surface area contributed by atoms with Gasteiger partial charge >= 0.3 is 12.1 Å². The van der Waals surface area contributed by atoms with E-state index in [1.54, 1.807) is 30.3 Å². The summed E-state index contributed by atoms with van der Waals surface area (Å²) < 4.78 is 29.9. The smallest absolute Gasteiger partial charge is 0.408 e. The molecule has 2 aromatic rings. The van der Waals surface area contributed by atoms with Gasteiger partial charge < -0.3 is 24.6 Å². The van der Waals surface area contributed by atoms with Gasteiger partial charge in [-0.15, -0.1) is 0 Å². The number of Topliss-reactive ketones (excluding diaryl/α,β-unsaturated/α-hetero) is 1. The Kier molecular flexibility index (Phi) is 8.83. The number of benzene rings is 2.